The molecule has 184 valence electrons. The number of aromatic nitrogens is 3. The van der Waals surface area contributed by atoms with Crippen LogP contribution < -0.4 is 24.4 Å². The zero-order chi connectivity index (χ0) is 24.9. The Labute approximate surface area is 201 Å². The maximum Gasteiger partial charge on any atom is 0.318 e. The van der Waals surface area contributed by atoms with Gasteiger partial charge in [-0.15, -0.1) is 0 Å². The van der Waals surface area contributed by atoms with E-state index in [1.54, 1.807) is 19.1 Å². The fraction of sp³-hybridized carbons (Fsp3) is 0.333. The molecule has 1 amide bonds. The summed E-state index contributed by atoms with van der Waals surface area (Å²) < 4.78 is 43.3. The first-order valence-corrected chi connectivity index (χ1v) is 11.0. The number of amides is 1. The van der Waals surface area contributed by atoms with Crippen LogP contribution in [0.5, 0.6) is 17.6 Å². The second-order valence-electron chi connectivity index (χ2n) is 7.94. The van der Waals surface area contributed by atoms with Crippen molar-refractivity contribution in [2.45, 2.75) is 25.9 Å². The van der Waals surface area contributed by atoms with Gasteiger partial charge in [0.2, 0.25) is 5.88 Å². The van der Waals surface area contributed by atoms with Crippen molar-refractivity contribution in [1.82, 2.24) is 15.0 Å². The van der Waals surface area contributed by atoms with Gasteiger partial charge in [-0.2, -0.15) is 4.98 Å². The van der Waals surface area contributed by atoms with Crippen molar-refractivity contribution in [1.29, 1.82) is 0 Å². The van der Waals surface area contributed by atoms with E-state index in [0.29, 0.717) is 37.4 Å². The number of aryl methyl sites for hydroxylation is 1. The van der Waals surface area contributed by atoms with Gasteiger partial charge in [-0.25, -0.2) is 18.7 Å². The molecule has 1 aliphatic rings. The SMILES string of the molecule is COc1ncc(NC(=O)c2ccc(C)nc2OC)c(N2CCC(Oc3ccc(F)cc3F)CC2)n1. The van der Waals surface area contributed by atoms with E-state index in [-0.39, 0.29) is 29.3 Å². The highest BCUT2D eigenvalue weighted by Gasteiger charge is 2.26. The zero-order valence-electron chi connectivity index (χ0n) is 19.5. The largest absolute Gasteiger partial charge is 0.487 e. The molecule has 3 heterocycles. The van der Waals surface area contributed by atoms with Gasteiger partial charge in [-0.05, 0) is 31.2 Å². The van der Waals surface area contributed by atoms with Gasteiger partial charge < -0.3 is 24.4 Å². The zero-order valence-corrected chi connectivity index (χ0v) is 19.5. The molecular weight excluding hydrogens is 460 g/mol. The van der Waals surface area contributed by atoms with E-state index in [9.17, 15) is 13.6 Å². The van der Waals surface area contributed by atoms with E-state index in [1.165, 1.54) is 26.5 Å². The normalized spacial score (nSPS) is 13.9. The number of pyridine rings is 1. The summed E-state index contributed by atoms with van der Waals surface area (Å²) in [6.07, 6.45) is 2.35. The molecule has 0 atom stereocenters. The van der Waals surface area contributed by atoms with Crippen molar-refractivity contribution >= 4 is 17.4 Å². The summed E-state index contributed by atoms with van der Waals surface area (Å²) in [4.78, 5) is 27.8. The lowest BCUT2D eigenvalue weighted by Gasteiger charge is -2.33. The molecule has 35 heavy (non-hydrogen) atoms. The molecule has 0 saturated carbocycles. The predicted octanol–water partition coefficient (Wildman–Crippen LogP) is 3.78. The Hall–Kier alpha value is -4.02. The summed E-state index contributed by atoms with van der Waals surface area (Å²) in [6, 6.07) is 6.75. The number of ether oxygens (including phenoxy) is 3. The molecule has 9 nitrogen and oxygen atoms in total. The van der Waals surface area contributed by atoms with Crippen molar-refractivity contribution < 1.29 is 27.8 Å². The van der Waals surface area contributed by atoms with Gasteiger partial charge in [0.15, 0.2) is 17.4 Å². The van der Waals surface area contributed by atoms with Crippen LogP contribution in [0.4, 0.5) is 20.3 Å². The minimum absolute atomic E-state index is 0.0159. The molecule has 1 aliphatic heterocycles. The molecule has 11 heteroatoms. The highest BCUT2D eigenvalue weighted by molar-refractivity contribution is 6.07. The summed E-state index contributed by atoms with van der Waals surface area (Å²) in [7, 11) is 2.90. The molecule has 0 bridgehead atoms. The summed E-state index contributed by atoms with van der Waals surface area (Å²) >= 11 is 0. The maximum absolute atomic E-state index is 14.0. The van der Waals surface area contributed by atoms with Gasteiger partial charge in [-0.3, -0.25) is 4.79 Å². The number of nitrogens with zero attached hydrogens (tertiary/aromatic N) is 4. The van der Waals surface area contributed by atoms with Crippen molar-refractivity contribution in [2.24, 2.45) is 0 Å². The number of anilines is 2. The molecule has 1 saturated heterocycles. The fourth-order valence-electron chi connectivity index (χ4n) is 3.77. The van der Waals surface area contributed by atoms with Crippen LogP contribution in [-0.4, -0.2) is 54.3 Å². The van der Waals surface area contributed by atoms with Crippen molar-refractivity contribution in [2.75, 3.05) is 37.5 Å². The number of nitrogens with one attached hydrogen (secondary N) is 1. The first kappa shape index (κ1) is 24.1. The van der Waals surface area contributed by atoms with Gasteiger partial charge in [0.25, 0.3) is 5.91 Å². The molecule has 4 rings (SSSR count). The Balaban J connectivity index is 1.49. The van der Waals surface area contributed by atoms with Crippen LogP contribution >= 0.6 is 0 Å². The molecule has 1 fully saturated rings. The standard InChI is InChI=1S/C24H25F2N5O4/c1-14-4-6-17(23(28-14)33-2)22(32)29-19-13-27-24(34-3)30-21(19)31-10-8-16(9-11-31)35-20-7-5-15(25)12-18(20)26/h4-7,12-13,16H,8-11H2,1-3H3,(H,29,32). The van der Waals surface area contributed by atoms with Gasteiger partial charge in [0.05, 0.1) is 20.4 Å². The average Bonchev–Trinajstić information content (AvgIpc) is 2.86. The number of carbonyl (C=O) groups is 1. The summed E-state index contributed by atoms with van der Waals surface area (Å²) in [5, 5.41) is 2.84. The Kier molecular flexibility index (Phi) is 7.23. The van der Waals surface area contributed by atoms with E-state index >= 15 is 0 Å². The second kappa shape index (κ2) is 10.5. The lowest BCUT2D eigenvalue weighted by atomic mass is 10.1. The van der Waals surface area contributed by atoms with E-state index in [1.807, 2.05) is 4.90 Å². The van der Waals surface area contributed by atoms with Gasteiger partial charge in [0.1, 0.15) is 23.2 Å². The van der Waals surface area contributed by atoms with Crippen molar-refractivity contribution in [3.63, 3.8) is 0 Å². The molecule has 2 aromatic heterocycles. The Morgan fingerprint density at radius 2 is 1.86 bits per heavy atom. The third-order valence-electron chi connectivity index (χ3n) is 5.54. The van der Waals surface area contributed by atoms with Crippen LogP contribution in [0.15, 0.2) is 36.5 Å². The topological polar surface area (TPSA) is 98.7 Å². The first-order chi connectivity index (χ1) is 16.9. The molecule has 1 N–H and O–H groups in total. The Morgan fingerprint density at radius 3 is 2.54 bits per heavy atom. The molecule has 0 spiro atoms. The number of carbonyl (C=O) groups excluding carboxylic acids is 1. The summed E-state index contributed by atoms with van der Waals surface area (Å²) in [5.41, 5.74) is 1.38. The number of halogens is 2. The molecule has 3 aromatic rings. The van der Waals surface area contributed by atoms with Crippen LogP contribution in [0.3, 0.4) is 0 Å². The monoisotopic (exact) mass is 485 g/mol. The number of rotatable bonds is 7. The van der Waals surface area contributed by atoms with Crippen molar-refractivity contribution in [3.8, 4) is 17.6 Å². The summed E-state index contributed by atoms with van der Waals surface area (Å²) in [6.45, 7) is 2.84. The van der Waals surface area contributed by atoms with Gasteiger partial charge in [0, 0.05) is 37.7 Å². The first-order valence-electron chi connectivity index (χ1n) is 11.0. The number of methoxy groups -OCH3 is 2. The maximum atomic E-state index is 14.0. The third-order valence-corrected chi connectivity index (χ3v) is 5.54. The minimum atomic E-state index is -0.737. The number of benzene rings is 1. The molecule has 0 unspecified atom stereocenters. The fourth-order valence-corrected chi connectivity index (χ4v) is 3.77. The Bertz CT molecular complexity index is 1220. The number of piperidine rings is 1. The highest BCUT2D eigenvalue weighted by Crippen LogP contribution is 2.30. The smallest absolute Gasteiger partial charge is 0.318 e. The van der Waals surface area contributed by atoms with Crippen LogP contribution in [0, 0.1) is 18.6 Å². The quantitative estimate of drug-likeness (QED) is 0.540. The van der Waals surface area contributed by atoms with Gasteiger partial charge in [-0.1, -0.05) is 0 Å². The minimum Gasteiger partial charge on any atom is -0.487 e. The van der Waals surface area contributed by atoms with E-state index in [0.717, 1.165) is 17.8 Å². The van der Waals surface area contributed by atoms with E-state index in [4.69, 9.17) is 14.2 Å². The third kappa shape index (κ3) is 5.56. The van der Waals surface area contributed by atoms with Crippen molar-refractivity contribution in [3.05, 3.63) is 59.4 Å². The Morgan fingerprint density at radius 1 is 1.09 bits per heavy atom. The van der Waals surface area contributed by atoms with Gasteiger partial charge >= 0.3 is 6.01 Å². The van der Waals surface area contributed by atoms with Crippen LogP contribution in [0.25, 0.3) is 0 Å². The van der Waals surface area contributed by atoms with E-state index < -0.39 is 17.5 Å². The lowest BCUT2D eigenvalue weighted by molar-refractivity contribution is 0.102. The second-order valence-corrected chi connectivity index (χ2v) is 7.94. The highest BCUT2D eigenvalue weighted by atomic mass is 19.1. The average molecular weight is 485 g/mol. The molecule has 0 aliphatic carbocycles. The number of hydrogen-bond donors (Lipinski definition) is 1. The van der Waals surface area contributed by atoms with Crippen LogP contribution in [-0.2, 0) is 0 Å². The summed E-state index contributed by atoms with van der Waals surface area (Å²) in [5.74, 6) is -1.10. The van der Waals surface area contributed by atoms with Crippen LogP contribution in [0.2, 0.25) is 0 Å². The predicted molar refractivity (Wildman–Crippen MR) is 124 cm³/mol. The van der Waals surface area contributed by atoms with E-state index in [2.05, 4.69) is 20.3 Å². The molecule has 1 aromatic carbocycles. The van der Waals surface area contributed by atoms with Crippen LogP contribution in [0.1, 0.15) is 28.9 Å². The molecule has 0 radical (unpaired) electrons. The number of hydrogen-bond acceptors (Lipinski definition) is 8. The lowest BCUT2D eigenvalue weighted by Crippen LogP contribution is -2.39. The molecular formula is C24H25F2N5O4.